The summed E-state index contributed by atoms with van der Waals surface area (Å²) in [6.07, 6.45) is 3.49. The molecule has 0 aliphatic carbocycles. The van der Waals surface area contributed by atoms with Gasteiger partial charge in [0.05, 0.1) is 10.2 Å². The molecule has 1 heterocycles. The van der Waals surface area contributed by atoms with Gasteiger partial charge >= 0.3 is 0 Å². The van der Waals surface area contributed by atoms with Crippen molar-refractivity contribution < 1.29 is 4.74 Å². The van der Waals surface area contributed by atoms with E-state index in [0.717, 1.165) is 21.6 Å². The van der Waals surface area contributed by atoms with Crippen LogP contribution < -0.4 is 15.8 Å². The Morgan fingerprint density at radius 2 is 2.22 bits per heavy atom. The van der Waals surface area contributed by atoms with Crippen LogP contribution >= 0.6 is 15.9 Å². The Morgan fingerprint density at radius 3 is 3.00 bits per heavy atom. The molecule has 94 valence electrons. The Labute approximate surface area is 114 Å². The Hall–Kier alpha value is -1.59. The highest BCUT2D eigenvalue weighted by Crippen LogP contribution is 2.26. The van der Waals surface area contributed by atoms with E-state index in [1.54, 1.807) is 12.4 Å². The van der Waals surface area contributed by atoms with E-state index in [1.807, 2.05) is 30.3 Å². The van der Waals surface area contributed by atoms with Crippen molar-refractivity contribution in [1.82, 2.24) is 4.98 Å². The first-order chi connectivity index (χ1) is 8.79. The van der Waals surface area contributed by atoms with Crippen molar-refractivity contribution in [2.75, 3.05) is 18.5 Å². The number of hydrogen-bond donors (Lipinski definition) is 2. The maximum Gasteiger partial charge on any atom is 0.121 e. The van der Waals surface area contributed by atoms with Crippen LogP contribution in [0.2, 0.25) is 0 Å². The molecule has 2 rings (SSSR count). The summed E-state index contributed by atoms with van der Waals surface area (Å²) in [7, 11) is 0. The number of nitrogens with two attached hydrogens (primary N) is 1. The molecule has 0 fully saturated rings. The summed E-state index contributed by atoms with van der Waals surface area (Å²) < 4.78 is 6.39. The highest BCUT2D eigenvalue weighted by molar-refractivity contribution is 9.10. The average molecular weight is 308 g/mol. The second-order valence-corrected chi connectivity index (χ2v) is 4.50. The van der Waals surface area contributed by atoms with E-state index in [-0.39, 0.29) is 0 Å². The first-order valence-corrected chi connectivity index (χ1v) is 6.38. The molecule has 0 atom stereocenters. The third-order valence-electron chi connectivity index (χ3n) is 2.27. The fraction of sp³-hybridized carbons (Fsp3) is 0.154. The zero-order valence-electron chi connectivity index (χ0n) is 9.77. The predicted octanol–water partition coefficient (Wildman–Crippen LogP) is 2.93. The lowest BCUT2D eigenvalue weighted by atomic mass is 10.3. The van der Waals surface area contributed by atoms with Gasteiger partial charge in [-0.15, -0.1) is 0 Å². The smallest absolute Gasteiger partial charge is 0.121 e. The van der Waals surface area contributed by atoms with Gasteiger partial charge in [-0.25, -0.2) is 0 Å². The van der Waals surface area contributed by atoms with Crippen LogP contribution in [-0.2, 0) is 0 Å². The lowest BCUT2D eigenvalue weighted by Crippen LogP contribution is -2.10. The van der Waals surface area contributed by atoms with E-state index >= 15 is 0 Å². The largest absolute Gasteiger partial charge is 0.492 e. The zero-order valence-corrected chi connectivity index (χ0v) is 11.4. The molecule has 0 aliphatic rings. The number of halogens is 1. The molecule has 0 radical (unpaired) electrons. The summed E-state index contributed by atoms with van der Waals surface area (Å²) >= 11 is 3.44. The van der Waals surface area contributed by atoms with Crippen LogP contribution in [0.3, 0.4) is 0 Å². The third kappa shape index (κ3) is 3.45. The van der Waals surface area contributed by atoms with Crippen molar-refractivity contribution in [3.05, 3.63) is 47.2 Å². The fourth-order valence-electron chi connectivity index (χ4n) is 1.47. The van der Waals surface area contributed by atoms with Gasteiger partial charge in [0.1, 0.15) is 12.4 Å². The zero-order chi connectivity index (χ0) is 12.8. The molecule has 0 aliphatic heterocycles. The van der Waals surface area contributed by atoms with Crippen molar-refractivity contribution in [2.24, 2.45) is 5.73 Å². The van der Waals surface area contributed by atoms with Gasteiger partial charge in [0.25, 0.3) is 0 Å². The van der Waals surface area contributed by atoms with Crippen molar-refractivity contribution in [1.29, 1.82) is 0 Å². The minimum absolute atomic E-state index is 0.507. The number of ether oxygens (including phenoxy) is 1. The van der Waals surface area contributed by atoms with Gasteiger partial charge in [0.2, 0.25) is 0 Å². The third-order valence-corrected chi connectivity index (χ3v) is 2.90. The number of benzene rings is 1. The molecule has 0 saturated carbocycles. The maximum atomic E-state index is 5.47. The second-order valence-electron chi connectivity index (χ2n) is 3.65. The Morgan fingerprint density at radius 1 is 1.33 bits per heavy atom. The SMILES string of the molecule is NCCOc1cccc(Nc2ccncc2Br)c1. The van der Waals surface area contributed by atoms with Gasteiger partial charge in [0.15, 0.2) is 0 Å². The fourth-order valence-corrected chi connectivity index (χ4v) is 1.82. The van der Waals surface area contributed by atoms with Gasteiger partial charge in [-0.3, -0.25) is 4.98 Å². The Bertz CT molecular complexity index is 519. The molecule has 3 N–H and O–H groups in total. The van der Waals surface area contributed by atoms with Crippen molar-refractivity contribution in [2.45, 2.75) is 0 Å². The molecule has 4 nitrogen and oxygen atoms in total. The molecule has 0 amide bonds. The van der Waals surface area contributed by atoms with Crippen LogP contribution in [0.1, 0.15) is 0 Å². The topological polar surface area (TPSA) is 60.2 Å². The Balaban J connectivity index is 2.12. The van der Waals surface area contributed by atoms with Crippen LogP contribution in [-0.4, -0.2) is 18.1 Å². The van der Waals surface area contributed by atoms with E-state index in [9.17, 15) is 0 Å². The van der Waals surface area contributed by atoms with Crippen LogP contribution in [0.15, 0.2) is 47.2 Å². The molecular weight excluding hydrogens is 294 g/mol. The van der Waals surface area contributed by atoms with Crippen LogP contribution in [0.25, 0.3) is 0 Å². The number of pyridine rings is 1. The minimum atomic E-state index is 0.507. The van der Waals surface area contributed by atoms with E-state index in [0.29, 0.717) is 13.2 Å². The molecule has 0 bridgehead atoms. The summed E-state index contributed by atoms with van der Waals surface area (Å²) in [5, 5.41) is 3.29. The molecule has 2 aromatic rings. The van der Waals surface area contributed by atoms with Crippen LogP contribution in [0.4, 0.5) is 11.4 Å². The number of nitrogens with one attached hydrogen (secondary N) is 1. The normalized spacial score (nSPS) is 10.1. The summed E-state index contributed by atoms with van der Waals surface area (Å²) in [6, 6.07) is 9.65. The summed E-state index contributed by atoms with van der Waals surface area (Å²) in [6.45, 7) is 1.02. The summed E-state index contributed by atoms with van der Waals surface area (Å²) in [5.74, 6) is 0.802. The molecule has 0 spiro atoms. The van der Waals surface area contributed by atoms with Crippen molar-refractivity contribution in [3.63, 3.8) is 0 Å². The second kappa shape index (κ2) is 6.37. The highest BCUT2D eigenvalue weighted by atomic mass is 79.9. The average Bonchev–Trinajstić information content (AvgIpc) is 2.40. The van der Waals surface area contributed by atoms with Crippen LogP contribution in [0.5, 0.6) is 5.75 Å². The van der Waals surface area contributed by atoms with Crippen molar-refractivity contribution in [3.8, 4) is 5.75 Å². The number of aromatic nitrogens is 1. The van der Waals surface area contributed by atoms with E-state index in [1.165, 1.54) is 0 Å². The molecular formula is C13H14BrN3O. The molecule has 1 aromatic heterocycles. The molecule has 1 aromatic carbocycles. The van der Waals surface area contributed by atoms with E-state index < -0.39 is 0 Å². The lowest BCUT2D eigenvalue weighted by molar-refractivity contribution is 0.328. The number of hydrogen-bond acceptors (Lipinski definition) is 4. The van der Waals surface area contributed by atoms with Crippen molar-refractivity contribution >= 4 is 27.3 Å². The molecule has 18 heavy (non-hydrogen) atoms. The monoisotopic (exact) mass is 307 g/mol. The molecule has 0 saturated heterocycles. The van der Waals surface area contributed by atoms with E-state index in [2.05, 4.69) is 26.2 Å². The van der Waals surface area contributed by atoms with Gasteiger partial charge in [-0.1, -0.05) is 6.07 Å². The predicted molar refractivity (Wildman–Crippen MR) is 76.2 cm³/mol. The van der Waals surface area contributed by atoms with Gasteiger partial charge in [-0.2, -0.15) is 0 Å². The highest BCUT2D eigenvalue weighted by Gasteiger charge is 2.01. The molecule has 5 heteroatoms. The van der Waals surface area contributed by atoms with Crippen LogP contribution in [0, 0.1) is 0 Å². The van der Waals surface area contributed by atoms with Gasteiger partial charge < -0.3 is 15.8 Å². The minimum Gasteiger partial charge on any atom is -0.492 e. The lowest BCUT2D eigenvalue weighted by Gasteiger charge is -2.10. The van der Waals surface area contributed by atoms with Gasteiger partial charge in [0, 0.05) is 30.7 Å². The maximum absolute atomic E-state index is 5.47. The standard InChI is InChI=1S/C13H14BrN3O/c14-12-9-16-6-4-13(12)17-10-2-1-3-11(8-10)18-7-5-15/h1-4,6,8-9H,5,7,15H2,(H,16,17). The number of anilines is 2. The number of nitrogens with zero attached hydrogens (tertiary/aromatic N) is 1. The van der Waals surface area contributed by atoms with E-state index in [4.69, 9.17) is 10.5 Å². The summed E-state index contributed by atoms with van der Waals surface area (Å²) in [5.41, 5.74) is 7.32. The van der Waals surface area contributed by atoms with Gasteiger partial charge in [-0.05, 0) is 34.1 Å². The first kappa shape index (κ1) is 12.9. The molecule has 0 unspecified atom stereocenters. The first-order valence-electron chi connectivity index (χ1n) is 5.59. The number of rotatable bonds is 5. The Kier molecular flexibility index (Phi) is 4.55. The quantitative estimate of drug-likeness (QED) is 0.891. The summed E-state index contributed by atoms with van der Waals surface area (Å²) in [4.78, 5) is 4.02.